The van der Waals surface area contributed by atoms with Crippen LogP contribution in [0.2, 0.25) is 0 Å². The number of fused-ring (bicyclic) bond motifs is 1. The van der Waals surface area contributed by atoms with Crippen LogP contribution in [0.1, 0.15) is 47.2 Å². The molecule has 8 nitrogen and oxygen atoms in total. The Balaban J connectivity index is 1.35. The maximum Gasteiger partial charge on any atom is 0.272 e. The summed E-state index contributed by atoms with van der Waals surface area (Å²) in [5, 5.41) is 13.7. The summed E-state index contributed by atoms with van der Waals surface area (Å²) in [6.07, 6.45) is 5.25. The molecule has 4 heterocycles. The van der Waals surface area contributed by atoms with Crippen LogP contribution >= 0.6 is 0 Å². The van der Waals surface area contributed by atoms with Crippen molar-refractivity contribution in [3.63, 3.8) is 0 Å². The Hall–Kier alpha value is -2.48. The van der Waals surface area contributed by atoms with E-state index in [4.69, 9.17) is 0 Å². The van der Waals surface area contributed by atoms with Gasteiger partial charge in [-0.05, 0) is 19.3 Å². The van der Waals surface area contributed by atoms with E-state index in [2.05, 4.69) is 48.7 Å². The normalized spacial score (nSPS) is 17.8. The second-order valence-corrected chi connectivity index (χ2v) is 6.91. The number of H-pyrrole nitrogens is 1. The number of amides is 1. The molecule has 2 aromatic rings. The van der Waals surface area contributed by atoms with Crippen molar-refractivity contribution in [2.75, 3.05) is 24.5 Å². The second kappa shape index (κ2) is 7.41. The van der Waals surface area contributed by atoms with Crippen LogP contribution in [0.15, 0.2) is 12.4 Å². The molecule has 0 atom stereocenters. The molecule has 1 fully saturated rings. The van der Waals surface area contributed by atoms with E-state index in [0.29, 0.717) is 12.2 Å². The molecular weight excluding hydrogens is 330 g/mol. The number of piperidine rings is 1. The van der Waals surface area contributed by atoms with Gasteiger partial charge in [0, 0.05) is 61.7 Å². The zero-order chi connectivity index (χ0) is 17.9. The van der Waals surface area contributed by atoms with Crippen LogP contribution in [-0.4, -0.2) is 51.7 Å². The number of aromatic amines is 1. The summed E-state index contributed by atoms with van der Waals surface area (Å²) in [7, 11) is 0. The molecule has 2 aliphatic heterocycles. The topological polar surface area (TPSA) is 98.8 Å². The number of nitrogens with one attached hydrogen (secondary N) is 3. The standard InChI is InChI=1S/C18H25N7O/c1-2-12-9-16(21-11-20-12)25-7-4-13(5-8-25)22-18(26)17-14-10-19-6-3-15(14)23-24-17/h9,11,13,19H,2-8,10H2,1H3,(H,22,26)(H,23,24). The highest BCUT2D eigenvalue weighted by Gasteiger charge is 2.26. The van der Waals surface area contributed by atoms with Gasteiger partial charge in [0.1, 0.15) is 12.1 Å². The van der Waals surface area contributed by atoms with Crippen molar-refractivity contribution in [2.24, 2.45) is 0 Å². The first-order valence-corrected chi connectivity index (χ1v) is 9.38. The third-order valence-electron chi connectivity index (χ3n) is 5.25. The highest BCUT2D eigenvalue weighted by molar-refractivity contribution is 5.94. The van der Waals surface area contributed by atoms with Crippen LogP contribution in [0, 0.1) is 0 Å². The number of aryl methyl sites for hydroxylation is 1. The van der Waals surface area contributed by atoms with Crippen molar-refractivity contribution in [1.82, 2.24) is 30.8 Å². The predicted molar refractivity (Wildman–Crippen MR) is 98.1 cm³/mol. The highest BCUT2D eigenvalue weighted by atomic mass is 16.2. The number of nitrogens with zero attached hydrogens (tertiary/aromatic N) is 4. The molecular formula is C18H25N7O. The zero-order valence-corrected chi connectivity index (χ0v) is 15.1. The van der Waals surface area contributed by atoms with Crippen LogP contribution < -0.4 is 15.5 Å². The average molecular weight is 355 g/mol. The highest BCUT2D eigenvalue weighted by Crippen LogP contribution is 2.20. The van der Waals surface area contributed by atoms with Crippen LogP contribution in [-0.2, 0) is 19.4 Å². The molecule has 0 unspecified atom stereocenters. The Morgan fingerprint density at radius 1 is 1.35 bits per heavy atom. The summed E-state index contributed by atoms with van der Waals surface area (Å²) < 4.78 is 0. The van der Waals surface area contributed by atoms with Gasteiger partial charge in [0.2, 0.25) is 0 Å². The van der Waals surface area contributed by atoms with E-state index < -0.39 is 0 Å². The fourth-order valence-electron chi connectivity index (χ4n) is 3.67. The fourth-order valence-corrected chi connectivity index (χ4v) is 3.67. The van der Waals surface area contributed by atoms with Gasteiger partial charge in [-0.2, -0.15) is 5.10 Å². The third-order valence-corrected chi connectivity index (χ3v) is 5.25. The van der Waals surface area contributed by atoms with Gasteiger partial charge < -0.3 is 15.5 Å². The van der Waals surface area contributed by atoms with E-state index in [1.54, 1.807) is 6.33 Å². The Morgan fingerprint density at radius 3 is 3.00 bits per heavy atom. The Morgan fingerprint density at radius 2 is 2.19 bits per heavy atom. The Bertz CT molecular complexity index is 780. The number of anilines is 1. The first-order chi connectivity index (χ1) is 12.7. The molecule has 26 heavy (non-hydrogen) atoms. The van der Waals surface area contributed by atoms with Gasteiger partial charge in [0.15, 0.2) is 5.69 Å². The summed E-state index contributed by atoms with van der Waals surface area (Å²) in [6, 6.07) is 2.23. The van der Waals surface area contributed by atoms with Gasteiger partial charge in [0.05, 0.1) is 0 Å². The largest absolute Gasteiger partial charge is 0.356 e. The SMILES string of the molecule is CCc1cc(N2CCC(NC(=O)c3n[nH]c4c3CNCC4)CC2)ncn1. The maximum absolute atomic E-state index is 12.6. The van der Waals surface area contributed by atoms with Crippen molar-refractivity contribution < 1.29 is 4.79 Å². The minimum Gasteiger partial charge on any atom is -0.356 e. The van der Waals surface area contributed by atoms with Crippen molar-refractivity contribution in [3.05, 3.63) is 35.0 Å². The minimum absolute atomic E-state index is 0.0695. The van der Waals surface area contributed by atoms with Gasteiger partial charge in [-0.25, -0.2) is 9.97 Å². The molecule has 8 heteroatoms. The number of rotatable bonds is 4. The van der Waals surface area contributed by atoms with E-state index in [1.807, 2.05) is 0 Å². The smallest absolute Gasteiger partial charge is 0.272 e. The van der Waals surface area contributed by atoms with Crippen molar-refractivity contribution in [1.29, 1.82) is 0 Å². The number of aromatic nitrogens is 4. The number of hydrogen-bond donors (Lipinski definition) is 3. The average Bonchev–Trinajstić information content (AvgIpc) is 3.13. The van der Waals surface area contributed by atoms with Gasteiger partial charge in [0.25, 0.3) is 5.91 Å². The molecule has 138 valence electrons. The molecule has 0 aliphatic carbocycles. The van der Waals surface area contributed by atoms with Crippen LogP contribution in [0.25, 0.3) is 0 Å². The van der Waals surface area contributed by atoms with E-state index in [9.17, 15) is 4.79 Å². The maximum atomic E-state index is 12.6. The summed E-state index contributed by atoms with van der Waals surface area (Å²) in [5.41, 5.74) is 3.69. The molecule has 0 spiro atoms. The fraction of sp³-hybridized carbons (Fsp3) is 0.556. The lowest BCUT2D eigenvalue weighted by Crippen LogP contribution is -2.45. The van der Waals surface area contributed by atoms with Crippen molar-refractivity contribution in [2.45, 2.75) is 45.2 Å². The molecule has 0 aromatic carbocycles. The molecule has 3 N–H and O–H groups in total. The monoisotopic (exact) mass is 355 g/mol. The van der Waals surface area contributed by atoms with Crippen molar-refractivity contribution in [3.8, 4) is 0 Å². The Kier molecular flexibility index (Phi) is 4.83. The van der Waals surface area contributed by atoms with E-state index in [-0.39, 0.29) is 11.9 Å². The summed E-state index contributed by atoms with van der Waals surface area (Å²) >= 11 is 0. The number of carbonyl (C=O) groups is 1. The molecule has 0 saturated carbocycles. The number of hydrogen-bond acceptors (Lipinski definition) is 6. The Labute approximate surface area is 152 Å². The molecule has 2 aromatic heterocycles. The quantitative estimate of drug-likeness (QED) is 0.751. The molecule has 1 saturated heterocycles. The number of carbonyl (C=O) groups excluding carboxylic acids is 1. The second-order valence-electron chi connectivity index (χ2n) is 6.91. The first-order valence-electron chi connectivity index (χ1n) is 9.38. The van der Waals surface area contributed by atoms with Gasteiger partial charge in [-0.1, -0.05) is 6.92 Å². The summed E-state index contributed by atoms with van der Waals surface area (Å²) in [4.78, 5) is 23.5. The lowest BCUT2D eigenvalue weighted by Gasteiger charge is -2.33. The lowest BCUT2D eigenvalue weighted by atomic mass is 10.0. The first kappa shape index (κ1) is 17.0. The minimum atomic E-state index is -0.0695. The summed E-state index contributed by atoms with van der Waals surface area (Å²) in [5.74, 6) is 0.911. The van der Waals surface area contributed by atoms with Crippen LogP contribution in [0.5, 0.6) is 0 Å². The third kappa shape index (κ3) is 3.41. The van der Waals surface area contributed by atoms with Gasteiger partial charge in [-0.15, -0.1) is 0 Å². The van der Waals surface area contributed by atoms with E-state index in [1.165, 1.54) is 0 Å². The predicted octanol–water partition coefficient (Wildman–Crippen LogP) is 0.807. The van der Waals surface area contributed by atoms with Gasteiger partial charge in [-0.3, -0.25) is 9.89 Å². The van der Waals surface area contributed by atoms with E-state index in [0.717, 1.165) is 68.1 Å². The molecule has 4 rings (SSSR count). The lowest BCUT2D eigenvalue weighted by molar-refractivity contribution is 0.0925. The van der Waals surface area contributed by atoms with E-state index >= 15 is 0 Å². The molecule has 2 aliphatic rings. The van der Waals surface area contributed by atoms with Gasteiger partial charge >= 0.3 is 0 Å². The summed E-state index contributed by atoms with van der Waals surface area (Å²) in [6.45, 7) is 5.49. The zero-order valence-electron chi connectivity index (χ0n) is 15.1. The van der Waals surface area contributed by atoms with Crippen LogP contribution in [0.3, 0.4) is 0 Å². The molecule has 0 radical (unpaired) electrons. The van der Waals surface area contributed by atoms with Crippen molar-refractivity contribution >= 4 is 11.7 Å². The van der Waals surface area contributed by atoms with Crippen LogP contribution in [0.4, 0.5) is 5.82 Å². The molecule has 0 bridgehead atoms. The molecule has 1 amide bonds.